The third kappa shape index (κ3) is 4.73. The molecule has 19 heavy (non-hydrogen) atoms. The van der Waals surface area contributed by atoms with Crippen LogP contribution in [-0.4, -0.2) is 18.1 Å². The number of ether oxygens (including phenoxy) is 1. The summed E-state index contributed by atoms with van der Waals surface area (Å²) in [5.74, 6) is 0.463. The molecule has 0 saturated heterocycles. The largest absolute Gasteiger partial charge is 0.489 e. The minimum absolute atomic E-state index is 0.0484. The fraction of sp³-hybridized carbons (Fsp3) is 0.500. The molecule has 0 aromatic heterocycles. The Labute approximate surface area is 119 Å². The number of carbonyl (C=O) groups excluding carboxylic acids is 1. The van der Waals surface area contributed by atoms with Crippen LogP contribution in [0.3, 0.4) is 0 Å². The van der Waals surface area contributed by atoms with E-state index in [1.807, 2.05) is 27.7 Å². The average molecular weight is 285 g/mol. The van der Waals surface area contributed by atoms with Crippen LogP contribution < -0.4 is 15.8 Å². The number of benzene rings is 1. The Kier molecular flexibility index (Phi) is 5.63. The molecule has 0 aliphatic carbocycles. The number of halogens is 1. The molecule has 0 spiro atoms. The molecule has 1 amide bonds. The first-order valence-corrected chi connectivity index (χ1v) is 6.71. The van der Waals surface area contributed by atoms with Gasteiger partial charge in [-0.05, 0) is 38.0 Å². The Morgan fingerprint density at radius 3 is 2.42 bits per heavy atom. The Hall–Kier alpha value is -1.26. The van der Waals surface area contributed by atoms with Gasteiger partial charge < -0.3 is 15.8 Å². The van der Waals surface area contributed by atoms with Crippen LogP contribution in [0.25, 0.3) is 0 Å². The summed E-state index contributed by atoms with van der Waals surface area (Å²) in [5, 5.41) is 3.20. The van der Waals surface area contributed by atoms with Gasteiger partial charge in [-0.1, -0.05) is 25.4 Å². The number of nitrogens with one attached hydrogen (secondary N) is 1. The highest BCUT2D eigenvalue weighted by Crippen LogP contribution is 2.28. The van der Waals surface area contributed by atoms with Gasteiger partial charge in [0.2, 0.25) is 5.91 Å². The van der Waals surface area contributed by atoms with Crippen LogP contribution in [0.2, 0.25) is 5.02 Å². The van der Waals surface area contributed by atoms with E-state index in [2.05, 4.69) is 5.32 Å². The Morgan fingerprint density at radius 1 is 1.32 bits per heavy atom. The normalized spacial score (nSPS) is 12.6. The summed E-state index contributed by atoms with van der Waals surface area (Å²) in [4.78, 5) is 11.8. The number of carbonyl (C=O) groups is 1. The predicted molar refractivity (Wildman–Crippen MR) is 78.7 cm³/mol. The molecule has 0 unspecified atom stereocenters. The maximum Gasteiger partial charge on any atom is 0.241 e. The van der Waals surface area contributed by atoms with E-state index in [4.69, 9.17) is 22.1 Å². The zero-order valence-electron chi connectivity index (χ0n) is 11.7. The number of hydrogen-bond acceptors (Lipinski definition) is 3. The number of anilines is 1. The smallest absolute Gasteiger partial charge is 0.241 e. The maximum absolute atomic E-state index is 11.8. The van der Waals surface area contributed by atoms with E-state index < -0.39 is 6.04 Å². The third-order valence-corrected chi connectivity index (χ3v) is 2.88. The van der Waals surface area contributed by atoms with Gasteiger partial charge in [0, 0.05) is 5.69 Å². The molecule has 1 rings (SSSR count). The Morgan fingerprint density at radius 2 is 1.95 bits per heavy atom. The maximum atomic E-state index is 11.8. The molecule has 5 heteroatoms. The van der Waals surface area contributed by atoms with E-state index in [0.29, 0.717) is 16.5 Å². The second kappa shape index (κ2) is 6.78. The molecule has 106 valence electrons. The highest BCUT2D eigenvalue weighted by molar-refractivity contribution is 6.32. The predicted octanol–water partition coefficient (Wildman–Crippen LogP) is 3.05. The molecule has 0 heterocycles. The molecular weight excluding hydrogens is 264 g/mol. The lowest BCUT2D eigenvalue weighted by Gasteiger charge is -2.16. The van der Waals surface area contributed by atoms with Crippen LogP contribution in [0.15, 0.2) is 18.2 Å². The number of rotatable bonds is 5. The summed E-state index contributed by atoms with van der Waals surface area (Å²) < 4.78 is 5.52. The van der Waals surface area contributed by atoms with Gasteiger partial charge in [-0.25, -0.2) is 0 Å². The fourth-order valence-corrected chi connectivity index (χ4v) is 1.68. The minimum atomic E-state index is -0.537. The summed E-state index contributed by atoms with van der Waals surface area (Å²) in [5.41, 5.74) is 6.39. The van der Waals surface area contributed by atoms with Crippen molar-refractivity contribution in [3.05, 3.63) is 23.2 Å². The number of amides is 1. The fourth-order valence-electron chi connectivity index (χ4n) is 1.46. The molecule has 0 fully saturated rings. The van der Waals surface area contributed by atoms with Gasteiger partial charge in [0.25, 0.3) is 0 Å². The number of hydrogen-bond donors (Lipinski definition) is 2. The van der Waals surface area contributed by atoms with E-state index in [1.54, 1.807) is 18.2 Å². The quantitative estimate of drug-likeness (QED) is 0.873. The van der Waals surface area contributed by atoms with Gasteiger partial charge in [0.05, 0.1) is 17.2 Å². The van der Waals surface area contributed by atoms with Crippen molar-refractivity contribution in [3.8, 4) is 5.75 Å². The SMILES string of the molecule is CC(C)Oc1ccc(NC(=O)[C@H](N)C(C)C)cc1Cl. The zero-order chi connectivity index (χ0) is 14.6. The minimum Gasteiger partial charge on any atom is -0.489 e. The molecule has 1 aromatic rings. The molecule has 0 saturated carbocycles. The van der Waals surface area contributed by atoms with Gasteiger partial charge in [-0.15, -0.1) is 0 Å². The van der Waals surface area contributed by atoms with E-state index >= 15 is 0 Å². The summed E-state index contributed by atoms with van der Waals surface area (Å²) in [7, 11) is 0. The first kappa shape index (κ1) is 15.8. The molecule has 1 atom stereocenters. The van der Waals surface area contributed by atoms with Gasteiger partial charge in [0.1, 0.15) is 5.75 Å². The highest BCUT2D eigenvalue weighted by Gasteiger charge is 2.17. The third-order valence-electron chi connectivity index (χ3n) is 2.58. The summed E-state index contributed by atoms with van der Waals surface area (Å²) in [6.45, 7) is 7.65. The van der Waals surface area contributed by atoms with Crippen LogP contribution in [0.1, 0.15) is 27.7 Å². The molecule has 3 N–H and O–H groups in total. The van der Waals surface area contributed by atoms with Crippen molar-refractivity contribution in [2.75, 3.05) is 5.32 Å². The first-order valence-electron chi connectivity index (χ1n) is 6.34. The molecule has 0 aliphatic heterocycles. The van der Waals surface area contributed by atoms with Crippen molar-refractivity contribution in [2.45, 2.75) is 39.8 Å². The van der Waals surface area contributed by atoms with Crippen LogP contribution in [0.4, 0.5) is 5.69 Å². The van der Waals surface area contributed by atoms with Gasteiger partial charge in [0.15, 0.2) is 0 Å². The molecule has 0 radical (unpaired) electrons. The van der Waals surface area contributed by atoms with Crippen molar-refractivity contribution in [1.82, 2.24) is 0 Å². The molecular formula is C14H21ClN2O2. The highest BCUT2D eigenvalue weighted by atomic mass is 35.5. The van der Waals surface area contributed by atoms with Crippen molar-refractivity contribution < 1.29 is 9.53 Å². The summed E-state index contributed by atoms with van der Waals surface area (Å²) >= 11 is 6.09. The van der Waals surface area contributed by atoms with E-state index in [-0.39, 0.29) is 17.9 Å². The van der Waals surface area contributed by atoms with Gasteiger partial charge in [-0.3, -0.25) is 4.79 Å². The Balaban J connectivity index is 2.76. The topological polar surface area (TPSA) is 64.3 Å². The molecule has 0 bridgehead atoms. The summed E-state index contributed by atoms with van der Waals surface area (Å²) in [6, 6.07) is 4.60. The average Bonchev–Trinajstić information content (AvgIpc) is 2.31. The summed E-state index contributed by atoms with van der Waals surface area (Å²) in [6.07, 6.45) is 0.0484. The second-order valence-corrected chi connectivity index (χ2v) is 5.48. The Bertz CT molecular complexity index is 447. The van der Waals surface area contributed by atoms with Crippen molar-refractivity contribution >= 4 is 23.2 Å². The lowest BCUT2D eigenvalue weighted by atomic mass is 10.0. The molecule has 4 nitrogen and oxygen atoms in total. The second-order valence-electron chi connectivity index (χ2n) is 5.07. The van der Waals surface area contributed by atoms with E-state index in [1.165, 1.54) is 0 Å². The molecule has 0 aliphatic rings. The van der Waals surface area contributed by atoms with E-state index in [0.717, 1.165) is 0 Å². The van der Waals surface area contributed by atoms with Gasteiger partial charge in [-0.2, -0.15) is 0 Å². The van der Waals surface area contributed by atoms with Crippen LogP contribution in [-0.2, 0) is 4.79 Å². The van der Waals surface area contributed by atoms with Crippen molar-refractivity contribution in [3.63, 3.8) is 0 Å². The lowest BCUT2D eigenvalue weighted by molar-refractivity contribution is -0.118. The van der Waals surface area contributed by atoms with Crippen LogP contribution in [0, 0.1) is 5.92 Å². The monoisotopic (exact) mass is 284 g/mol. The van der Waals surface area contributed by atoms with Gasteiger partial charge >= 0.3 is 0 Å². The number of nitrogens with two attached hydrogens (primary N) is 1. The molecule has 1 aromatic carbocycles. The zero-order valence-corrected chi connectivity index (χ0v) is 12.5. The van der Waals surface area contributed by atoms with Crippen molar-refractivity contribution in [2.24, 2.45) is 11.7 Å². The van der Waals surface area contributed by atoms with Crippen LogP contribution >= 0.6 is 11.6 Å². The first-order chi connectivity index (χ1) is 8.81. The van der Waals surface area contributed by atoms with Crippen LogP contribution in [0.5, 0.6) is 5.75 Å². The van der Waals surface area contributed by atoms with E-state index in [9.17, 15) is 4.79 Å². The standard InChI is InChI=1S/C14H21ClN2O2/c1-8(2)13(16)14(18)17-10-5-6-12(11(15)7-10)19-9(3)4/h5-9,13H,16H2,1-4H3,(H,17,18)/t13-/m1/s1. The lowest BCUT2D eigenvalue weighted by Crippen LogP contribution is -2.39. The van der Waals surface area contributed by atoms with Crippen molar-refractivity contribution in [1.29, 1.82) is 0 Å².